The van der Waals surface area contributed by atoms with E-state index in [1.807, 2.05) is 0 Å². The van der Waals surface area contributed by atoms with E-state index in [2.05, 4.69) is 15.5 Å². The Morgan fingerprint density at radius 1 is 1.42 bits per heavy atom. The van der Waals surface area contributed by atoms with Crippen molar-refractivity contribution in [2.75, 3.05) is 26.2 Å². The maximum Gasteiger partial charge on any atom is 0.234 e. The summed E-state index contributed by atoms with van der Waals surface area (Å²) in [5.41, 5.74) is 0. The van der Waals surface area contributed by atoms with Crippen LogP contribution in [0.25, 0.3) is 0 Å². The van der Waals surface area contributed by atoms with Gasteiger partial charge in [0.1, 0.15) is 0 Å². The van der Waals surface area contributed by atoms with E-state index in [0.717, 1.165) is 19.6 Å². The van der Waals surface area contributed by atoms with Gasteiger partial charge in [-0.1, -0.05) is 0 Å². The third-order valence-electron chi connectivity index (χ3n) is 2.54. The highest BCUT2D eigenvalue weighted by Gasteiger charge is 2.25. The van der Waals surface area contributed by atoms with Crippen molar-refractivity contribution in [1.29, 1.82) is 0 Å². The summed E-state index contributed by atoms with van der Waals surface area (Å²) in [5, 5.41) is 6.22. The van der Waals surface area contributed by atoms with Crippen molar-refractivity contribution in [1.82, 2.24) is 15.5 Å². The van der Waals surface area contributed by atoms with Crippen molar-refractivity contribution in [2.24, 2.45) is 0 Å². The quantitative estimate of drug-likeness (QED) is 0.536. The molecule has 68 valence electrons. The van der Waals surface area contributed by atoms with Gasteiger partial charge >= 0.3 is 0 Å². The first kappa shape index (κ1) is 8.01. The van der Waals surface area contributed by atoms with Gasteiger partial charge in [0, 0.05) is 13.1 Å². The maximum absolute atomic E-state index is 11.0. The van der Waals surface area contributed by atoms with E-state index in [9.17, 15) is 4.79 Å². The Kier molecular flexibility index (Phi) is 2.28. The van der Waals surface area contributed by atoms with Gasteiger partial charge in [0.15, 0.2) is 0 Å². The highest BCUT2D eigenvalue weighted by atomic mass is 16.2. The maximum atomic E-state index is 11.0. The molecule has 1 unspecified atom stereocenters. The van der Waals surface area contributed by atoms with Crippen LogP contribution in [0.5, 0.6) is 0 Å². The van der Waals surface area contributed by atoms with Crippen LogP contribution >= 0.6 is 0 Å². The number of carbonyl (C=O) groups is 1. The normalized spacial score (nSPS) is 32.0. The predicted molar refractivity (Wildman–Crippen MR) is 45.6 cm³/mol. The smallest absolute Gasteiger partial charge is 0.234 e. The molecule has 4 nitrogen and oxygen atoms in total. The van der Waals surface area contributed by atoms with E-state index in [4.69, 9.17) is 0 Å². The predicted octanol–water partition coefficient (Wildman–Crippen LogP) is -0.872. The molecule has 2 saturated heterocycles. The van der Waals surface area contributed by atoms with Crippen molar-refractivity contribution in [3.05, 3.63) is 0 Å². The first-order chi connectivity index (χ1) is 5.86. The summed E-state index contributed by atoms with van der Waals surface area (Å²) in [4.78, 5) is 13.3. The molecule has 0 saturated carbocycles. The summed E-state index contributed by atoms with van der Waals surface area (Å²) < 4.78 is 0. The van der Waals surface area contributed by atoms with Gasteiger partial charge in [-0.15, -0.1) is 0 Å². The monoisotopic (exact) mass is 169 g/mol. The molecule has 0 bridgehead atoms. The Bertz CT molecular complexity index is 177. The lowest BCUT2D eigenvalue weighted by Crippen LogP contribution is -2.54. The molecule has 0 aromatic heterocycles. The summed E-state index contributed by atoms with van der Waals surface area (Å²) >= 11 is 0. The number of nitrogens with zero attached hydrogens (tertiary/aromatic N) is 1. The van der Waals surface area contributed by atoms with Gasteiger partial charge in [-0.05, 0) is 19.4 Å². The Morgan fingerprint density at radius 3 is 3.00 bits per heavy atom. The molecule has 4 heteroatoms. The molecule has 0 spiro atoms. The number of hydrogen-bond acceptors (Lipinski definition) is 3. The highest BCUT2D eigenvalue weighted by molar-refractivity contribution is 5.78. The number of hydrogen-bond donors (Lipinski definition) is 2. The minimum absolute atomic E-state index is 0.162. The Morgan fingerprint density at radius 2 is 2.33 bits per heavy atom. The largest absolute Gasteiger partial charge is 0.354 e. The van der Waals surface area contributed by atoms with E-state index in [-0.39, 0.29) is 5.91 Å². The highest BCUT2D eigenvalue weighted by Crippen LogP contribution is 2.10. The van der Waals surface area contributed by atoms with Crippen LogP contribution in [0, 0.1) is 0 Å². The second-order valence-electron chi connectivity index (χ2n) is 3.43. The van der Waals surface area contributed by atoms with Gasteiger partial charge in [-0.3, -0.25) is 9.69 Å². The van der Waals surface area contributed by atoms with Crippen LogP contribution in [0.3, 0.4) is 0 Å². The molecule has 0 aromatic rings. The standard InChI is InChI=1S/C8H15N3O/c12-8-6-11(5-4-10-8)7-2-1-3-9-7/h7,9H,1-6H2,(H,10,12). The Balaban J connectivity index is 1.89. The van der Waals surface area contributed by atoms with Crippen molar-refractivity contribution in [3.8, 4) is 0 Å². The zero-order valence-electron chi connectivity index (χ0n) is 7.18. The summed E-state index contributed by atoms with van der Waals surface area (Å²) in [6.07, 6.45) is 2.88. The van der Waals surface area contributed by atoms with Crippen LogP contribution < -0.4 is 10.6 Å². The molecule has 2 heterocycles. The van der Waals surface area contributed by atoms with Crippen molar-refractivity contribution in [2.45, 2.75) is 19.0 Å². The molecule has 1 amide bonds. The van der Waals surface area contributed by atoms with Crippen LogP contribution in [-0.4, -0.2) is 43.2 Å². The summed E-state index contributed by atoms with van der Waals surface area (Å²) in [5.74, 6) is 0.162. The summed E-state index contributed by atoms with van der Waals surface area (Å²) in [6, 6.07) is 0. The zero-order valence-corrected chi connectivity index (χ0v) is 7.18. The third kappa shape index (κ3) is 1.59. The topological polar surface area (TPSA) is 44.4 Å². The molecule has 2 rings (SSSR count). The van der Waals surface area contributed by atoms with Gasteiger partial charge in [0.2, 0.25) is 5.91 Å². The molecule has 2 fully saturated rings. The first-order valence-corrected chi connectivity index (χ1v) is 4.60. The fourth-order valence-corrected chi connectivity index (χ4v) is 1.90. The van der Waals surface area contributed by atoms with Crippen LogP contribution in [0.15, 0.2) is 0 Å². The molecule has 0 aromatic carbocycles. The fourth-order valence-electron chi connectivity index (χ4n) is 1.90. The Labute approximate surface area is 72.3 Å². The van der Waals surface area contributed by atoms with E-state index >= 15 is 0 Å². The molecule has 2 N–H and O–H groups in total. The molecular weight excluding hydrogens is 154 g/mol. The Hall–Kier alpha value is -0.610. The van der Waals surface area contributed by atoms with Crippen molar-refractivity contribution < 1.29 is 4.79 Å². The number of piperazine rings is 1. The average Bonchev–Trinajstić information content (AvgIpc) is 2.56. The van der Waals surface area contributed by atoms with Gasteiger partial charge in [0.25, 0.3) is 0 Å². The molecule has 12 heavy (non-hydrogen) atoms. The molecule has 1 atom stereocenters. The van der Waals surface area contributed by atoms with Crippen LogP contribution in [-0.2, 0) is 4.79 Å². The van der Waals surface area contributed by atoms with Crippen LogP contribution in [0.4, 0.5) is 0 Å². The fraction of sp³-hybridized carbons (Fsp3) is 0.875. The lowest BCUT2D eigenvalue weighted by Gasteiger charge is -2.31. The van der Waals surface area contributed by atoms with Gasteiger partial charge in [0.05, 0.1) is 12.7 Å². The first-order valence-electron chi connectivity index (χ1n) is 4.60. The average molecular weight is 169 g/mol. The van der Waals surface area contributed by atoms with Gasteiger partial charge in [-0.2, -0.15) is 0 Å². The van der Waals surface area contributed by atoms with E-state index < -0.39 is 0 Å². The second-order valence-corrected chi connectivity index (χ2v) is 3.43. The lowest BCUT2D eigenvalue weighted by molar-refractivity contribution is -0.125. The molecule has 2 aliphatic rings. The van der Waals surface area contributed by atoms with E-state index in [1.165, 1.54) is 12.8 Å². The molecule has 2 aliphatic heterocycles. The number of nitrogens with one attached hydrogen (secondary N) is 2. The van der Waals surface area contributed by atoms with Gasteiger partial charge in [-0.25, -0.2) is 0 Å². The molecular formula is C8H15N3O. The van der Waals surface area contributed by atoms with E-state index in [1.54, 1.807) is 0 Å². The summed E-state index contributed by atoms with van der Waals surface area (Å²) in [6.45, 7) is 3.46. The molecule has 0 aliphatic carbocycles. The van der Waals surface area contributed by atoms with Gasteiger partial charge < -0.3 is 10.6 Å². The van der Waals surface area contributed by atoms with Crippen LogP contribution in [0.2, 0.25) is 0 Å². The SMILES string of the molecule is O=C1CN(C2CCCN2)CCN1. The van der Waals surface area contributed by atoms with Crippen LogP contribution in [0.1, 0.15) is 12.8 Å². The van der Waals surface area contributed by atoms with Crippen molar-refractivity contribution >= 4 is 5.91 Å². The minimum atomic E-state index is 0.162. The number of carbonyl (C=O) groups excluding carboxylic acids is 1. The van der Waals surface area contributed by atoms with Crippen molar-refractivity contribution in [3.63, 3.8) is 0 Å². The third-order valence-corrected chi connectivity index (χ3v) is 2.54. The number of amides is 1. The molecule has 0 radical (unpaired) electrons. The summed E-state index contributed by atoms with van der Waals surface area (Å²) in [7, 11) is 0. The zero-order chi connectivity index (χ0) is 8.39. The van der Waals surface area contributed by atoms with E-state index in [0.29, 0.717) is 12.7 Å². The minimum Gasteiger partial charge on any atom is -0.354 e. The number of rotatable bonds is 1. The second kappa shape index (κ2) is 3.41. The lowest BCUT2D eigenvalue weighted by atomic mass is 10.2.